The summed E-state index contributed by atoms with van der Waals surface area (Å²) >= 11 is 1.55. The van der Waals surface area contributed by atoms with Crippen LogP contribution >= 0.6 is 11.3 Å². The second-order valence-corrected chi connectivity index (χ2v) is 4.95. The minimum absolute atomic E-state index is 0.0461. The molecular formula is C13H10FN5OS. The lowest BCUT2D eigenvalue weighted by Gasteiger charge is -2.03. The zero-order chi connectivity index (χ0) is 14.7. The number of amides is 1. The molecular weight excluding hydrogens is 293 g/mol. The van der Waals surface area contributed by atoms with Gasteiger partial charge in [-0.25, -0.2) is 9.07 Å². The van der Waals surface area contributed by atoms with Gasteiger partial charge in [-0.2, -0.15) is 11.3 Å². The zero-order valence-electron chi connectivity index (χ0n) is 10.7. The number of carbonyl (C=O) groups is 1. The number of hydrogen-bond acceptors (Lipinski definition) is 5. The molecule has 3 aromatic heterocycles. The van der Waals surface area contributed by atoms with E-state index in [1.54, 1.807) is 22.2 Å². The topological polar surface area (TPSA) is 72.7 Å². The number of nitrogens with one attached hydrogen (secondary N) is 1. The lowest BCUT2D eigenvalue weighted by molar-refractivity contribution is 0.0946. The number of hydrogen-bond donors (Lipinski definition) is 1. The second kappa shape index (κ2) is 5.80. The van der Waals surface area contributed by atoms with Crippen molar-refractivity contribution in [2.45, 2.75) is 6.54 Å². The zero-order valence-corrected chi connectivity index (χ0v) is 11.5. The van der Waals surface area contributed by atoms with E-state index in [1.165, 1.54) is 12.3 Å². The number of rotatable bonds is 4. The Morgan fingerprint density at radius 3 is 3.10 bits per heavy atom. The summed E-state index contributed by atoms with van der Waals surface area (Å²) in [6.45, 7) is 0.171. The second-order valence-electron chi connectivity index (χ2n) is 4.17. The van der Waals surface area contributed by atoms with Crippen molar-refractivity contribution in [3.63, 3.8) is 0 Å². The highest BCUT2D eigenvalue weighted by atomic mass is 32.1. The van der Waals surface area contributed by atoms with Gasteiger partial charge in [0.25, 0.3) is 5.91 Å². The van der Waals surface area contributed by atoms with E-state index in [9.17, 15) is 9.18 Å². The van der Waals surface area contributed by atoms with Crippen LogP contribution in [0.15, 0.2) is 41.5 Å². The minimum atomic E-state index is -0.656. The van der Waals surface area contributed by atoms with Crippen LogP contribution in [-0.4, -0.2) is 25.9 Å². The maximum atomic E-state index is 13.4. The van der Waals surface area contributed by atoms with E-state index < -0.39 is 11.7 Å². The Morgan fingerprint density at radius 1 is 1.43 bits per heavy atom. The first-order chi connectivity index (χ1) is 10.2. The van der Waals surface area contributed by atoms with E-state index >= 15 is 0 Å². The summed E-state index contributed by atoms with van der Waals surface area (Å²) in [5, 5.41) is 14.4. The average molecular weight is 303 g/mol. The van der Waals surface area contributed by atoms with Gasteiger partial charge in [-0.15, -0.1) is 5.10 Å². The molecule has 0 bridgehead atoms. The van der Waals surface area contributed by atoms with Gasteiger partial charge < -0.3 is 5.32 Å². The van der Waals surface area contributed by atoms with Crippen molar-refractivity contribution in [1.29, 1.82) is 0 Å². The summed E-state index contributed by atoms with van der Waals surface area (Å²) < 4.78 is 15.0. The monoisotopic (exact) mass is 303 g/mol. The van der Waals surface area contributed by atoms with Crippen molar-refractivity contribution < 1.29 is 9.18 Å². The molecule has 1 amide bonds. The maximum absolute atomic E-state index is 13.4. The molecule has 0 atom stereocenters. The molecule has 3 aromatic rings. The Morgan fingerprint density at radius 2 is 2.33 bits per heavy atom. The molecule has 0 aromatic carbocycles. The van der Waals surface area contributed by atoms with E-state index in [4.69, 9.17) is 0 Å². The molecule has 0 aliphatic heterocycles. The first-order valence-corrected chi connectivity index (χ1v) is 7.00. The normalized spacial score (nSPS) is 10.5. The van der Waals surface area contributed by atoms with Gasteiger partial charge in [0.1, 0.15) is 5.69 Å². The minimum Gasteiger partial charge on any atom is -0.346 e. The summed E-state index contributed by atoms with van der Waals surface area (Å²) in [7, 11) is 0. The highest BCUT2D eigenvalue weighted by molar-refractivity contribution is 7.08. The number of halogens is 1. The van der Waals surface area contributed by atoms with Gasteiger partial charge in [-0.1, -0.05) is 5.21 Å². The Bertz CT molecular complexity index is 756. The van der Waals surface area contributed by atoms with Crippen LogP contribution in [0.5, 0.6) is 0 Å². The third-order valence-corrected chi connectivity index (χ3v) is 3.43. The number of nitrogens with zero attached hydrogens (tertiary/aromatic N) is 4. The fourth-order valence-corrected chi connectivity index (χ4v) is 2.34. The van der Waals surface area contributed by atoms with Crippen LogP contribution in [0.2, 0.25) is 0 Å². The number of aromatic nitrogens is 4. The molecule has 0 radical (unpaired) electrons. The molecule has 0 unspecified atom stereocenters. The van der Waals surface area contributed by atoms with Crippen molar-refractivity contribution in [2.75, 3.05) is 0 Å². The summed E-state index contributed by atoms with van der Waals surface area (Å²) in [4.78, 5) is 15.4. The maximum Gasteiger partial charge on any atom is 0.254 e. The van der Waals surface area contributed by atoms with E-state index in [1.807, 2.05) is 16.8 Å². The smallest absolute Gasteiger partial charge is 0.254 e. The molecule has 8 heteroatoms. The predicted molar refractivity (Wildman–Crippen MR) is 74.6 cm³/mol. The molecule has 0 aliphatic carbocycles. The van der Waals surface area contributed by atoms with Crippen LogP contribution in [-0.2, 0) is 6.54 Å². The number of thiophene rings is 1. The Hall–Kier alpha value is -2.61. The van der Waals surface area contributed by atoms with Crippen LogP contribution in [0.1, 0.15) is 16.1 Å². The molecule has 3 heterocycles. The van der Waals surface area contributed by atoms with Gasteiger partial charge >= 0.3 is 0 Å². The van der Waals surface area contributed by atoms with Crippen molar-refractivity contribution in [2.24, 2.45) is 0 Å². The summed E-state index contributed by atoms with van der Waals surface area (Å²) in [5.41, 5.74) is 1.45. The average Bonchev–Trinajstić information content (AvgIpc) is 3.16. The molecule has 0 spiro atoms. The van der Waals surface area contributed by atoms with Crippen LogP contribution in [0, 0.1) is 5.82 Å². The van der Waals surface area contributed by atoms with Gasteiger partial charge in [-0.3, -0.25) is 9.78 Å². The molecule has 106 valence electrons. The van der Waals surface area contributed by atoms with Crippen molar-refractivity contribution >= 4 is 17.2 Å². The highest BCUT2D eigenvalue weighted by Crippen LogP contribution is 2.11. The van der Waals surface area contributed by atoms with Gasteiger partial charge in [0.15, 0.2) is 5.82 Å². The largest absolute Gasteiger partial charge is 0.346 e. The van der Waals surface area contributed by atoms with E-state index in [0.29, 0.717) is 5.69 Å². The Balaban J connectivity index is 1.66. The molecule has 0 saturated heterocycles. The van der Waals surface area contributed by atoms with Gasteiger partial charge in [0.05, 0.1) is 30.2 Å². The molecule has 1 N–H and O–H groups in total. The van der Waals surface area contributed by atoms with E-state index in [-0.39, 0.29) is 12.1 Å². The van der Waals surface area contributed by atoms with Crippen molar-refractivity contribution in [1.82, 2.24) is 25.3 Å². The lowest BCUT2D eigenvalue weighted by atomic mass is 10.2. The van der Waals surface area contributed by atoms with Crippen LogP contribution in [0.3, 0.4) is 0 Å². The predicted octanol–water partition coefficient (Wildman–Crippen LogP) is 1.79. The molecule has 6 nitrogen and oxygen atoms in total. The fraction of sp³-hybridized carbons (Fsp3) is 0.0769. The quantitative estimate of drug-likeness (QED) is 0.797. The number of carbonyl (C=O) groups excluding carboxylic acids is 1. The third kappa shape index (κ3) is 2.95. The fourth-order valence-electron chi connectivity index (χ4n) is 1.72. The SMILES string of the molecule is O=C(NCc1cn(-c2ccsc2)nn1)c1ccncc1F. The van der Waals surface area contributed by atoms with E-state index in [2.05, 4.69) is 20.6 Å². The molecule has 0 saturated carbocycles. The summed E-state index contributed by atoms with van der Waals surface area (Å²) in [6.07, 6.45) is 4.08. The van der Waals surface area contributed by atoms with Crippen LogP contribution < -0.4 is 5.32 Å². The Kier molecular flexibility index (Phi) is 3.69. The standard InChI is InChI=1S/C13H10FN5OS/c14-12-6-15-3-1-11(12)13(20)16-5-9-7-19(18-17-9)10-2-4-21-8-10/h1-4,6-8H,5H2,(H,16,20). The Labute approximate surface area is 123 Å². The summed E-state index contributed by atoms with van der Waals surface area (Å²) in [5.74, 6) is -1.17. The van der Waals surface area contributed by atoms with Crippen molar-refractivity contribution in [3.8, 4) is 5.69 Å². The molecule has 3 rings (SSSR count). The number of pyridine rings is 1. The molecule has 21 heavy (non-hydrogen) atoms. The van der Waals surface area contributed by atoms with Crippen LogP contribution in [0.4, 0.5) is 4.39 Å². The summed E-state index contributed by atoms with van der Waals surface area (Å²) in [6, 6.07) is 3.24. The highest BCUT2D eigenvalue weighted by Gasteiger charge is 2.11. The lowest BCUT2D eigenvalue weighted by Crippen LogP contribution is -2.24. The van der Waals surface area contributed by atoms with Gasteiger partial charge in [0, 0.05) is 11.6 Å². The molecule has 0 fully saturated rings. The van der Waals surface area contributed by atoms with E-state index in [0.717, 1.165) is 11.9 Å². The first kappa shape index (κ1) is 13.4. The van der Waals surface area contributed by atoms with Gasteiger partial charge in [0.2, 0.25) is 0 Å². The molecule has 0 aliphatic rings. The van der Waals surface area contributed by atoms with Crippen LogP contribution in [0.25, 0.3) is 5.69 Å². The van der Waals surface area contributed by atoms with Gasteiger partial charge in [-0.05, 0) is 17.5 Å². The van der Waals surface area contributed by atoms with Crippen molar-refractivity contribution in [3.05, 3.63) is 58.6 Å². The third-order valence-electron chi connectivity index (χ3n) is 2.76. The first-order valence-electron chi connectivity index (χ1n) is 6.05.